The molecule has 3 N–H and O–H groups in total. The summed E-state index contributed by atoms with van der Waals surface area (Å²) in [6.45, 7) is 5.35. The first-order chi connectivity index (χ1) is 9.56. The third-order valence-corrected chi connectivity index (χ3v) is 3.39. The quantitative estimate of drug-likeness (QED) is 0.802. The third kappa shape index (κ3) is 2.05. The molecule has 104 valence electrons. The van der Waals surface area contributed by atoms with E-state index in [1.54, 1.807) is 0 Å². The van der Waals surface area contributed by atoms with Crippen LogP contribution < -0.4 is 0 Å². The van der Waals surface area contributed by atoms with Crippen LogP contribution in [0.5, 0.6) is 0 Å². The minimum Gasteiger partial charge on any atom is -0.510 e. The molecule has 0 atom stereocenters. The molecule has 1 aromatic heterocycles. The maximum atomic E-state index is 10.2. The highest BCUT2D eigenvalue weighted by atomic mass is 16.3. The van der Waals surface area contributed by atoms with E-state index in [0.717, 1.165) is 17.6 Å². The molecule has 5 heteroatoms. The van der Waals surface area contributed by atoms with Gasteiger partial charge in [0.05, 0.1) is 23.2 Å². The summed E-state index contributed by atoms with van der Waals surface area (Å²) in [5, 5.41) is 18.4. The van der Waals surface area contributed by atoms with E-state index in [-0.39, 0.29) is 5.76 Å². The average molecular weight is 270 g/mol. The van der Waals surface area contributed by atoms with E-state index in [1.807, 2.05) is 29.2 Å². The van der Waals surface area contributed by atoms with Crippen molar-refractivity contribution in [2.24, 2.45) is 5.92 Å². The predicted octanol–water partition coefficient (Wildman–Crippen LogP) is 2.78. The highest BCUT2D eigenvalue weighted by Crippen LogP contribution is 2.27. The fourth-order valence-corrected chi connectivity index (χ4v) is 2.55. The number of rotatable bonds is 3. The Hall–Kier alpha value is -2.30. The molecule has 0 bridgehead atoms. The number of nitrogens with zero attached hydrogens (tertiary/aromatic N) is 2. The minimum absolute atomic E-state index is 0.217. The summed E-state index contributed by atoms with van der Waals surface area (Å²) in [4.78, 5) is 9.52. The van der Waals surface area contributed by atoms with Crippen LogP contribution in [0.25, 0.3) is 16.6 Å². The molecular formula is C15H18N4O. The molecule has 1 aliphatic heterocycles. The number of nitrogens with one attached hydrogen (secondary N) is 2. The normalized spacial score (nSPS) is 15.9. The number of hydrogen-bond donors (Lipinski definition) is 3. The first kappa shape index (κ1) is 12.7. The Balaban J connectivity index is 1.97. The van der Waals surface area contributed by atoms with Gasteiger partial charge in [-0.25, -0.2) is 4.98 Å². The molecule has 1 aliphatic rings. The Morgan fingerprint density at radius 2 is 2.15 bits per heavy atom. The lowest BCUT2D eigenvalue weighted by atomic mass is 10.2. The smallest absolute Gasteiger partial charge is 0.145 e. The molecule has 0 radical (unpaired) electrons. The lowest BCUT2D eigenvalue weighted by molar-refractivity contribution is 0.329. The van der Waals surface area contributed by atoms with Crippen molar-refractivity contribution >= 4 is 22.4 Å². The summed E-state index contributed by atoms with van der Waals surface area (Å²) < 4.78 is 0. The lowest BCUT2D eigenvalue weighted by Gasteiger charge is -2.20. The summed E-state index contributed by atoms with van der Waals surface area (Å²) in [5.41, 5.74) is 2.28. The Kier molecular flexibility index (Phi) is 2.97. The number of benzene rings is 1. The van der Waals surface area contributed by atoms with Crippen LogP contribution in [0.15, 0.2) is 30.0 Å². The van der Waals surface area contributed by atoms with Gasteiger partial charge in [-0.2, -0.15) is 0 Å². The average Bonchev–Trinajstić information content (AvgIpc) is 2.90. The van der Waals surface area contributed by atoms with Gasteiger partial charge >= 0.3 is 0 Å². The van der Waals surface area contributed by atoms with Crippen LogP contribution in [0, 0.1) is 11.3 Å². The van der Waals surface area contributed by atoms with Crippen molar-refractivity contribution in [3.63, 3.8) is 0 Å². The molecule has 0 fully saturated rings. The summed E-state index contributed by atoms with van der Waals surface area (Å²) in [6, 6.07) is 7.71. The molecule has 0 unspecified atom stereocenters. The minimum atomic E-state index is 0.217. The van der Waals surface area contributed by atoms with Crippen LogP contribution in [-0.2, 0) is 0 Å². The maximum absolute atomic E-state index is 10.2. The van der Waals surface area contributed by atoms with Gasteiger partial charge in [-0.1, -0.05) is 26.0 Å². The zero-order valence-corrected chi connectivity index (χ0v) is 11.6. The van der Waals surface area contributed by atoms with Crippen LogP contribution in [-0.4, -0.2) is 38.9 Å². The molecule has 2 heterocycles. The molecule has 1 aromatic carbocycles. The van der Waals surface area contributed by atoms with Gasteiger partial charge in [0.25, 0.3) is 0 Å². The van der Waals surface area contributed by atoms with E-state index in [1.165, 1.54) is 0 Å². The Labute approximate surface area is 117 Å². The van der Waals surface area contributed by atoms with Gasteiger partial charge in [0.15, 0.2) is 0 Å². The fraction of sp³-hybridized carbons (Fsp3) is 0.333. The largest absolute Gasteiger partial charge is 0.510 e. The van der Waals surface area contributed by atoms with Gasteiger partial charge in [0, 0.05) is 6.54 Å². The maximum Gasteiger partial charge on any atom is 0.145 e. The number of H-pyrrole nitrogens is 1. The molecule has 0 saturated heterocycles. The van der Waals surface area contributed by atoms with E-state index in [0.29, 0.717) is 29.7 Å². The summed E-state index contributed by atoms with van der Waals surface area (Å²) in [6.07, 6.45) is 0. The first-order valence-electron chi connectivity index (χ1n) is 6.77. The highest BCUT2D eigenvalue weighted by Gasteiger charge is 2.30. The van der Waals surface area contributed by atoms with Gasteiger partial charge in [0.1, 0.15) is 17.4 Å². The number of aromatic nitrogens is 2. The molecule has 0 amide bonds. The number of hydrogen-bond acceptors (Lipinski definition) is 3. The number of aromatic amines is 1. The first-order valence-corrected chi connectivity index (χ1v) is 6.77. The molecule has 5 nitrogen and oxygen atoms in total. The molecule has 2 aromatic rings. The van der Waals surface area contributed by atoms with Crippen molar-refractivity contribution in [1.82, 2.24) is 14.9 Å². The van der Waals surface area contributed by atoms with Gasteiger partial charge in [-0.3, -0.25) is 5.41 Å². The van der Waals surface area contributed by atoms with E-state index in [2.05, 4.69) is 23.8 Å². The highest BCUT2D eigenvalue weighted by molar-refractivity contribution is 6.23. The summed E-state index contributed by atoms with van der Waals surface area (Å²) >= 11 is 0. The topological polar surface area (TPSA) is 76.0 Å². The zero-order chi connectivity index (χ0) is 14.3. The monoisotopic (exact) mass is 270 g/mol. The number of imidazole rings is 1. The van der Waals surface area contributed by atoms with Gasteiger partial charge in [0.2, 0.25) is 0 Å². The van der Waals surface area contributed by atoms with E-state index in [4.69, 9.17) is 5.41 Å². The van der Waals surface area contributed by atoms with Crippen LogP contribution >= 0.6 is 0 Å². The van der Waals surface area contributed by atoms with Gasteiger partial charge < -0.3 is 15.0 Å². The third-order valence-electron chi connectivity index (χ3n) is 3.39. The van der Waals surface area contributed by atoms with E-state index < -0.39 is 0 Å². The molecule has 0 aliphatic carbocycles. The van der Waals surface area contributed by atoms with Crippen molar-refractivity contribution in [2.75, 3.05) is 13.1 Å². The van der Waals surface area contributed by atoms with Crippen molar-refractivity contribution in [3.05, 3.63) is 35.8 Å². The predicted molar refractivity (Wildman–Crippen MR) is 79.8 cm³/mol. The van der Waals surface area contributed by atoms with Crippen LogP contribution in [0.3, 0.4) is 0 Å². The zero-order valence-electron chi connectivity index (χ0n) is 11.6. The SMILES string of the molecule is CC(C)CN1CC(O)=C(c2nc3ccccc3[nH]2)C1=N. The van der Waals surface area contributed by atoms with Gasteiger partial charge in [-0.15, -0.1) is 0 Å². The molecule has 20 heavy (non-hydrogen) atoms. The number of fused-ring (bicyclic) bond motifs is 1. The standard InChI is InChI=1S/C15H18N4O/c1-9(2)7-19-8-12(20)13(14(19)16)15-17-10-5-3-4-6-11(10)18-15/h3-6,9,16,20H,7-8H2,1-2H3,(H,17,18). The Morgan fingerprint density at radius 1 is 1.40 bits per heavy atom. The van der Waals surface area contributed by atoms with Crippen molar-refractivity contribution < 1.29 is 5.11 Å². The van der Waals surface area contributed by atoms with Crippen LogP contribution in [0.4, 0.5) is 0 Å². The summed E-state index contributed by atoms with van der Waals surface area (Å²) in [7, 11) is 0. The molecule has 0 saturated carbocycles. The van der Waals surface area contributed by atoms with Crippen molar-refractivity contribution in [2.45, 2.75) is 13.8 Å². The van der Waals surface area contributed by atoms with Crippen molar-refractivity contribution in [3.8, 4) is 0 Å². The molecular weight excluding hydrogens is 252 g/mol. The Morgan fingerprint density at radius 3 is 2.85 bits per heavy atom. The van der Waals surface area contributed by atoms with Crippen molar-refractivity contribution in [1.29, 1.82) is 5.41 Å². The van der Waals surface area contributed by atoms with Gasteiger partial charge in [-0.05, 0) is 18.1 Å². The number of aliphatic hydroxyl groups is 1. The lowest BCUT2D eigenvalue weighted by Crippen LogP contribution is -2.30. The number of para-hydroxylation sites is 2. The second-order valence-corrected chi connectivity index (χ2v) is 5.55. The Bertz CT molecular complexity index is 666. The molecule has 0 spiro atoms. The van der Waals surface area contributed by atoms with E-state index >= 15 is 0 Å². The second-order valence-electron chi connectivity index (χ2n) is 5.55. The molecule has 3 rings (SSSR count). The van der Waals surface area contributed by atoms with Crippen LogP contribution in [0.1, 0.15) is 19.7 Å². The van der Waals surface area contributed by atoms with E-state index in [9.17, 15) is 5.11 Å². The number of aliphatic hydroxyl groups excluding tert-OH is 1. The summed E-state index contributed by atoms with van der Waals surface area (Å²) in [5.74, 6) is 1.57. The van der Waals surface area contributed by atoms with Crippen LogP contribution in [0.2, 0.25) is 0 Å². The number of amidine groups is 1. The fourth-order valence-electron chi connectivity index (χ4n) is 2.55. The second kappa shape index (κ2) is 4.67.